The van der Waals surface area contributed by atoms with E-state index in [1.165, 1.54) is 24.0 Å². The third-order valence-electron chi connectivity index (χ3n) is 5.55. The van der Waals surface area contributed by atoms with Crippen molar-refractivity contribution in [2.75, 3.05) is 0 Å². The van der Waals surface area contributed by atoms with Crippen LogP contribution in [0.15, 0.2) is 65.0 Å². The highest BCUT2D eigenvalue weighted by atomic mass is 19.4. The van der Waals surface area contributed by atoms with Gasteiger partial charge in [0.25, 0.3) is 5.91 Å². The van der Waals surface area contributed by atoms with E-state index < -0.39 is 11.7 Å². The van der Waals surface area contributed by atoms with E-state index in [0.29, 0.717) is 5.75 Å². The second-order valence-electron chi connectivity index (χ2n) is 8.01. The average Bonchev–Trinajstić information content (AvgIpc) is 3.31. The van der Waals surface area contributed by atoms with Crippen molar-refractivity contribution in [3.63, 3.8) is 0 Å². The molecule has 1 saturated carbocycles. The van der Waals surface area contributed by atoms with Gasteiger partial charge < -0.3 is 14.6 Å². The maximum Gasteiger partial charge on any atom is 0.417 e. The summed E-state index contributed by atoms with van der Waals surface area (Å²) in [5.41, 5.74) is 1.62. The normalized spacial score (nSPS) is 19.9. The molecular formula is C24H22F3N3O3. The monoisotopic (exact) mass is 457 g/mol. The zero-order valence-electron chi connectivity index (χ0n) is 17.8. The number of rotatable bonds is 5. The van der Waals surface area contributed by atoms with Crippen molar-refractivity contribution >= 4 is 12.0 Å². The Hall–Kier alpha value is -3.62. The number of amides is 1. The molecule has 1 aromatic carbocycles. The van der Waals surface area contributed by atoms with Gasteiger partial charge in [0.1, 0.15) is 12.0 Å². The number of halogens is 3. The van der Waals surface area contributed by atoms with E-state index in [1.807, 2.05) is 18.2 Å². The van der Waals surface area contributed by atoms with Gasteiger partial charge in [0.2, 0.25) is 5.88 Å². The Labute approximate surface area is 188 Å². The molecule has 33 heavy (non-hydrogen) atoms. The Bertz CT molecular complexity index is 1130. The molecule has 2 unspecified atom stereocenters. The molecule has 9 heteroatoms. The molecule has 2 atom stereocenters. The zero-order chi connectivity index (χ0) is 23.4. The molecule has 0 bridgehead atoms. The van der Waals surface area contributed by atoms with Gasteiger partial charge in [0.15, 0.2) is 5.69 Å². The molecular weight excluding hydrogens is 435 g/mol. The highest BCUT2D eigenvalue weighted by Crippen LogP contribution is 2.33. The summed E-state index contributed by atoms with van der Waals surface area (Å²) in [6.45, 7) is 2.12. The Morgan fingerprint density at radius 3 is 2.76 bits per heavy atom. The van der Waals surface area contributed by atoms with Crippen LogP contribution >= 0.6 is 0 Å². The van der Waals surface area contributed by atoms with E-state index in [0.717, 1.165) is 37.1 Å². The Balaban J connectivity index is 1.38. The number of alkyl halides is 3. The number of allylic oxidation sites excluding steroid dienone is 1. The molecule has 3 aromatic rings. The molecule has 0 radical (unpaired) electrons. The number of nitrogens with one attached hydrogen (secondary N) is 1. The number of aromatic nitrogens is 2. The smallest absolute Gasteiger partial charge is 0.417 e. The van der Waals surface area contributed by atoms with Gasteiger partial charge in [0, 0.05) is 24.4 Å². The Morgan fingerprint density at radius 2 is 2.09 bits per heavy atom. The van der Waals surface area contributed by atoms with Crippen LogP contribution in [0.1, 0.15) is 47.8 Å². The number of hydrogen-bond acceptors (Lipinski definition) is 5. The summed E-state index contributed by atoms with van der Waals surface area (Å²) in [4.78, 5) is 15.9. The fraction of sp³-hybridized carbons (Fsp3) is 0.292. The van der Waals surface area contributed by atoms with Gasteiger partial charge in [-0.3, -0.25) is 4.79 Å². The second kappa shape index (κ2) is 9.48. The number of ether oxygens (including phenoxy) is 1. The van der Waals surface area contributed by atoms with Gasteiger partial charge in [-0.25, -0.2) is 4.98 Å². The van der Waals surface area contributed by atoms with Crippen molar-refractivity contribution in [1.82, 2.24) is 15.5 Å². The van der Waals surface area contributed by atoms with Crippen LogP contribution in [0, 0.1) is 5.92 Å². The molecule has 1 aliphatic carbocycles. The Kier molecular flexibility index (Phi) is 6.48. The lowest BCUT2D eigenvalue weighted by Crippen LogP contribution is -2.38. The molecule has 1 amide bonds. The average molecular weight is 457 g/mol. The minimum absolute atomic E-state index is 0.0572. The lowest BCUT2D eigenvalue weighted by atomic mass is 9.81. The summed E-state index contributed by atoms with van der Waals surface area (Å²) in [6, 6.07) is 11.0. The van der Waals surface area contributed by atoms with Crippen LogP contribution in [0.5, 0.6) is 11.6 Å². The maximum atomic E-state index is 12.7. The van der Waals surface area contributed by atoms with E-state index >= 15 is 0 Å². The van der Waals surface area contributed by atoms with Crippen molar-refractivity contribution in [3.05, 3.63) is 77.3 Å². The number of hydrogen-bond donors (Lipinski definition) is 1. The van der Waals surface area contributed by atoms with Gasteiger partial charge in [-0.15, -0.1) is 0 Å². The van der Waals surface area contributed by atoms with Gasteiger partial charge in [0.05, 0.1) is 5.56 Å². The fourth-order valence-corrected chi connectivity index (χ4v) is 3.83. The van der Waals surface area contributed by atoms with Crippen molar-refractivity contribution in [2.45, 2.75) is 38.4 Å². The highest BCUT2D eigenvalue weighted by molar-refractivity contribution is 5.92. The van der Waals surface area contributed by atoms with Crippen molar-refractivity contribution < 1.29 is 27.2 Å². The zero-order valence-corrected chi connectivity index (χ0v) is 17.8. The summed E-state index contributed by atoms with van der Waals surface area (Å²) in [5.74, 6) is 0.597. The lowest BCUT2D eigenvalue weighted by Gasteiger charge is -2.30. The molecule has 1 fully saturated rings. The van der Waals surface area contributed by atoms with Gasteiger partial charge >= 0.3 is 6.18 Å². The molecule has 0 spiro atoms. The standard InChI is InChI=1S/C24H22F3N3O3/c1-15-11-19(29-23(31)21-9-10-32-30-21)7-5-17(15)12-16-3-2-4-20(13-16)33-22-8-6-18(14-28-22)24(25,26)27/h2-4,6,8-10,12-15,19H,5,7,11H2,1H3,(H,29,31)/b17-12+. The van der Waals surface area contributed by atoms with Crippen LogP contribution in [-0.4, -0.2) is 22.1 Å². The number of nitrogens with zero attached hydrogens (tertiary/aromatic N) is 2. The van der Waals surface area contributed by atoms with Crippen LogP contribution in [0.25, 0.3) is 6.08 Å². The van der Waals surface area contributed by atoms with Crippen molar-refractivity contribution in [3.8, 4) is 11.6 Å². The van der Waals surface area contributed by atoms with Crippen LogP contribution in [0.3, 0.4) is 0 Å². The SMILES string of the molecule is CC1CC(NC(=O)c2ccon2)CC/C1=C\c1cccc(Oc2ccc(C(F)(F)F)cn2)c1. The van der Waals surface area contributed by atoms with Gasteiger partial charge in [-0.1, -0.05) is 35.9 Å². The molecule has 1 aliphatic rings. The van der Waals surface area contributed by atoms with E-state index in [2.05, 4.69) is 28.5 Å². The van der Waals surface area contributed by atoms with E-state index in [4.69, 9.17) is 9.26 Å². The third kappa shape index (κ3) is 5.79. The molecule has 2 aromatic heterocycles. The second-order valence-corrected chi connectivity index (χ2v) is 8.01. The number of carbonyl (C=O) groups is 1. The van der Waals surface area contributed by atoms with Crippen molar-refractivity contribution in [2.24, 2.45) is 5.92 Å². The predicted molar refractivity (Wildman–Crippen MR) is 115 cm³/mol. The van der Waals surface area contributed by atoms with E-state index in [-0.39, 0.29) is 29.4 Å². The molecule has 2 heterocycles. The van der Waals surface area contributed by atoms with Crippen LogP contribution in [0.4, 0.5) is 13.2 Å². The van der Waals surface area contributed by atoms with Gasteiger partial charge in [-0.2, -0.15) is 13.2 Å². The Morgan fingerprint density at radius 1 is 1.24 bits per heavy atom. The summed E-state index contributed by atoms with van der Waals surface area (Å²) < 4.78 is 48.4. The highest BCUT2D eigenvalue weighted by Gasteiger charge is 2.30. The summed E-state index contributed by atoms with van der Waals surface area (Å²) in [5, 5.41) is 6.66. The summed E-state index contributed by atoms with van der Waals surface area (Å²) in [6.07, 6.45) is 2.22. The van der Waals surface area contributed by atoms with Crippen LogP contribution in [0.2, 0.25) is 0 Å². The molecule has 4 rings (SSSR count). The fourth-order valence-electron chi connectivity index (χ4n) is 3.83. The molecule has 1 N–H and O–H groups in total. The molecule has 0 aliphatic heterocycles. The topological polar surface area (TPSA) is 77.2 Å². The largest absolute Gasteiger partial charge is 0.439 e. The summed E-state index contributed by atoms with van der Waals surface area (Å²) in [7, 11) is 0. The van der Waals surface area contributed by atoms with Crippen molar-refractivity contribution in [1.29, 1.82) is 0 Å². The molecule has 0 saturated heterocycles. The van der Waals surface area contributed by atoms with E-state index in [9.17, 15) is 18.0 Å². The number of pyridine rings is 1. The molecule has 6 nitrogen and oxygen atoms in total. The van der Waals surface area contributed by atoms with E-state index in [1.54, 1.807) is 6.07 Å². The first-order valence-electron chi connectivity index (χ1n) is 10.5. The van der Waals surface area contributed by atoms with Crippen LogP contribution in [-0.2, 0) is 6.18 Å². The first-order valence-corrected chi connectivity index (χ1v) is 10.5. The minimum Gasteiger partial charge on any atom is -0.439 e. The first-order chi connectivity index (χ1) is 15.8. The van der Waals surface area contributed by atoms with Crippen LogP contribution < -0.4 is 10.1 Å². The lowest BCUT2D eigenvalue weighted by molar-refractivity contribution is -0.137. The quantitative estimate of drug-likeness (QED) is 0.518. The first kappa shape index (κ1) is 22.6. The summed E-state index contributed by atoms with van der Waals surface area (Å²) >= 11 is 0. The minimum atomic E-state index is -4.44. The predicted octanol–water partition coefficient (Wildman–Crippen LogP) is 5.88. The third-order valence-corrected chi connectivity index (χ3v) is 5.55. The number of carbonyl (C=O) groups excluding carboxylic acids is 1. The van der Waals surface area contributed by atoms with Gasteiger partial charge in [-0.05, 0) is 48.9 Å². The maximum absolute atomic E-state index is 12.7. The number of benzene rings is 1. The molecule has 172 valence electrons.